The Labute approximate surface area is 87.9 Å². The van der Waals surface area contributed by atoms with E-state index >= 15 is 0 Å². The quantitative estimate of drug-likeness (QED) is 0.647. The van der Waals surface area contributed by atoms with Crippen LogP contribution in [0.4, 0.5) is 8.78 Å². The Morgan fingerprint density at radius 1 is 1.14 bits per heavy atom. The molecule has 0 heterocycles. The molecule has 14 heavy (non-hydrogen) atoms. The molecule has 0 saturated carbocycles. The molecule has 0 aromatic heterocycles. The summed E-state index contributed by atoms with van der Waals surface area (Å²) < 4.78 is 26.4. The average molecular weight is 219 g/mol. The summed E-state index contributed by atoms with van der Waals surface area (Å²) in [6.07, 6.45) is 0. The van der Waals surface area contributed by atoms with E-state index in [1.807, 2.05) is 20.8 Å². The maximum atomic E-state index is 13.5. The summed E-state index contributed by atoms with van der Waals surface area (Å²) in [5, 5.41) is -0.407. The van der Waals surface area contributed by atoms with E-state index in [-0.39, 0.29) is 5.92 Å². The third-order valence-corrected chi connectivity index (χ3v) is 2.90. The van der Waals surface area contributed by atoms with Crippen molar-refractivity contribution in [1.29, 1.82) is 0 Å². The first kappa shape index (κ1) is 11.4. The fourth-order valence-electron chi connectivity index (χ4n) is 1.25. The Morgan fingerprint density at radius 2 is 1.71 bits per heavy atom. The van der Waals surface area contributed by atoms with Crippen LogP contribution in [-0.4, -0.2) is 0 Å². The molecular weight excluding hydrogens is 206 g/mol. The Bertz CT molecular complexity index is 334. The van der Waals surface area contributed by atoms with Crippen LogP contribution >= 0.6 is 11.6 Å². The van der Waals surface area contributed by atoms with Crippen LogP contribution in [0.15, 0.2) is 12.1 Å². The molecule has 0 aliphatic rings. The van der Waals surface area contributed by atoms with Gasteiger partial charge in [-0.25, -0.2) is 8.78 Å². The van der Waals surface area contributed by atoms with Gasteiger partial charge in [0.15, 0.2) is 0 Å². The molecule has 0 nitrogen and oxygen atoms in total. The van der Waals surface area contributed by atoms with Crippen molar-refractivity contribution >= 4 is 11.6 Å². The van der Waals surface area contributed by atoms with Gasteiger partial charge in [-0.05, 0) is 23.5 Å². The van der Waals surface area contributed by atoms with Crippen molar-refractivity contribution in [3.63, 3.8) is 0 Å². The summed E-state index contributed by atoms with van der Waals surface area (Å²) in [6, 6.07) is 2.67. The maximum absolute atomic E-state index is 13.5. The zero-order chi connectivity index (χ0) is 10.9. The molecule has 1 aromatic carbocycles. The molecule has 0 aliphatic heterocycles. The minimum atomic E-state index is -0.705. The predicted molar refractivity (Wildman–Crippen MR) is 54.6 cm³/mol. The summed E-state index contributed by atoms with van der Waals surface area (Å²) in [4.78, 5) is 0. The van der Waals surface area contributed by atoms with Gasteiger partial charge >= 0.3 is 0 Å². The van der Waals surface area contributed by atoms with Crippen molar-refractivity contribution in [1.82, 2.24) is 0 Å². The van der Waals surface area contributed by atoms with Gasteiger partial charge in [0.25, 0.3) is 0 Å². The normalized spacial score (nSPS) is 13.4. The van der Waals surface area contributed by atoms with Crippen molar-refractivity contribution in [3.8, 4) is 0 Å². The molecule has 0 bridgehead atoms. The fraction of sp³-hybridized carbons (Fsp3) is 0.455. The first-order valence-corrected chi connectivity index (χ1v) is 4.96. The molecular formula is C11H13ClF2. The molecule has 0 fully saturated rings. The van der Waals surface area contributed by atoms with E-state index in [1.165, 1.54) is 12.1 Å². The number of hydrogen-bond acceptors (Lipinski definition) is 0. The van der Waals surface area contributed by atoms with E-state index in [0.29, 0.717) is 11.5 Å². The van der Waals surface area contributed by atoms with E-state index < -0.39 is 16.7 Å². The van der Waals surface area contributed by atoms with Crippen LogP contribution in [0.3, 0.4) is 0 Å². The number of rotatable bonds is 2. The largest absolute Gasteiger partial charge is 0.205 e. The predicted octanol–water partition coefficient (Wildman–Crippen LogP) is 4.38. The van der Waals surface area contributed by atoms with Crippen LogP contribution in [0.5, 0.6) is 0 Å². The highest BCUT2D eigenvalue weighted by molar-refractivity contribution is 6.30. The third-order valence-electron chi connectivity index (χ3n) is 2.56. The SMILES string of the molecule is CC(C)[C@@H](C)c1ccc(F)c(Cl)c1F. The van der Waals surface area contributed by atoms with Gasteiger partial charge in [0.05, 0.1) is 0 Å². The van der Waals surface area contributed by atoms with E-state index in [9.17, 15) is 8.78 Å². The lowest BCUT2D eigenvalue weighted by atomic mass is 9.90. The minimum absolute atomic E-state index is 0.0353. The molecule has 1 rings (SSSR count). The average Bonchev–Trinajstić information content (AvgIpc) is 2.13. The van der Waals surface area contributed by atoms with Crippen LogP contribution in [0.1, 0.15) is 32.3 Å². The molecule has 0 unspecified atom stereocenters. The zero-order valence-electron chi connectivity index (χ0n) is 8.44. The van der Waals surface area contributed by atoms with Crippen molar-refractivity contribution in [2.75, 3.05) is 0 Å². The molecule has 0 saturated heterocycles. The Kier molecular flexibility index (Phi) is 3.48. The van der Waals surface area contributed by atoms with Crippen molar-refractivity contribution in [2.45, 2.75) is 26.7 Å². The second-order valence-corrected chi connectivity index (χ2v) is 4.18. The smallest absolute Gasteiger partial charge is 0.148 e. The minimum Gasteiger partial charge on any atom is -0.205 e. The highest BCUT2D eigenvalue weighted by atomic mass is 35.5. The topological polar surface area (TPSA) is 0 Å². The van der Waals surface area contributed by atoms with Crippen LogP contribution in [0.25, 0.3) is 0 Å². The molecule has 0 amide bonds. The van der Waals surface area contributed by atoms with Gasteiger partial charge in [-0.2, -0.15) is 0 Å². The van der Waals surface area contributed by atoms with Crippen LogP contribution in [0, 0.1) is 17.6 Å². The summed E-state index contributed by atoms with van der Waals surface area (Å²) in [7, 11) is 0. The Hall–Kier alpha value is -0.630. The molecule has 1 aromatic rings. The first-order valence-electron chi connectivity index (χ1n) is 4.58. The first-order chi connectivity index (χ1) is 6.45. The molecule has 0 N–H and O–H groups in total. The summed E-state index contributed by atoms with van der Waals surface area (Å²) in [5.74, 6) is -1.00. The summed E-state index contributed by atoms with van der Waals surface area (Å²) in [6.45, 7) is 5.88. The fourth-order valence-corrected chi connectivity index (χ4v) is 1.42. The van der Waals surface area contributed by atoms with Gasteiger partial charge in [-0.3, -0.25) is 0 Å². The van der Waals surface area contributed by atoms with Gasteiger partial charge in [0.1, 0.15) is 16.7 Å². The van der Waals surface area contributed by atoms with Crippen LogP contribution in [0.2, 0.25) is 5.02 Å². The van der Waals surface area contributed by atoms with Crippen molar-refractivity contribution in [3.05, 3.63) is 34.4 Å². The van der Waals surface area contributed by atoms with Crippen LogP contribution in [-0.2, 0) is 0 Å². The summed E-state index contributed by atoms with van der Waals surface area (Å²) >= 11 is 5.48. The van der Waals surface area contributed by atoms with Gasteiger partial charge in [-0.1, -0.05) is 38.4 Å². The van der Waals surface area contributed by atoms with Gasteiger partial charge in [0.2, 0.25) is 0 Å². The van der Waals surface area contributed by atoms with Crippen molar-refractivity contribution in [2.24, 2.45) is 5.92 Å². The second kappa shape index (κ2) is 4.26. The molecule has 0 radical (unpaired) electrons. The molecule has 0 aliphatic carbocycles. The molecule has 0 spiro atoms. The number of benzene rings is 1. The van der Waals surface area contributed by atoms with E-state index in [0.717, 1.165) is 0 Å². The standard InChI is InChI=1S/C11H13ClF2/c1-6(2)7(3)8-4-5-9(13)10(12)11(8)14/h4-7H,1-3H3/t7-/m1/s1. The van der Waals surface area contributed by atoms with Crippen molar-refractivity contribution < 1.29 is 8.78 Å². The van der Waals surface area contributed by atoms with Gasteiger partial charge in [0, 0.05) is 0 Å². The maximum Gasteiger partial charge on any atom is 0.148 e. The zero-order valence-corrected chi connectivity index (χ0v) is 9.20. The van der Waals surface area contributed by atoms with Gasteiger partial charge in [-0.15, -0.1) is 0 Å². The summed E-state index contributed by atoms with van der Waals surface area (Å²) in [5.41, 5.74) is 0.478. The van der Waals surface area contributed by atoms with Crippen LogP contribution < -0.4 is 0 Å². The third kappa shape index (κ3) is 2.06. The highest BCUT2D eigenvalue weighted by Gasteiger charge is 2.18. The second-order valence-electron chi connectivity index (χ2n) is 3.80. The highest BCUT2D eigenvalue weighted by Crippen LogP contribution is 2.30. The molecule has 1 atom stereocenters. The molecule has 78 valence electrons. The number of halogens is 3. The lowest BCUT2D eigenvalue weighted by Crippen LogP contribution is -2.05. The molecule has 3 heteroatoms. The van der Waals surface area contributed by atoms with E-state index in [1.54, 1.807) is 0 Å². The Balaban J connectivity index is 3.17. The monoisotopic (exact) mass is 218 g/mol. The lowest BCUT2D eigenvalue weighted by molar-refractivity contribution is 0.495. The number of hydrogen-bond donors (Lipinski definition) is 0. The van der Waals surface area contributed by atoms with Gasteiger partial charge < -0.3 is 0 Å². The lowest BCUT2D eigenvalue weighted by Gasteiger charge is -2.17. The Morgan fingerprint density at radius 3 is 2.21 bits per heavy atom. The van der Waals surface area contributed by atoms with E-state index in [4.69, 9.17) is 11.6 Å². The van der Waals surface area contributed by atoms with E-state index in [2.05, 4.69) is 0 Å².